The molecule has 2 rings (SSSR count). The van der Waals surface area contributed by atoms with Crippen LogP contribution in [-0.2, 0) is 11.2 Å². The zero-order valence-corrected chi connectivity index (χ0v) is 13.4. The minimum Gasteiger partial charge on any atom is -0.495 e. The second-order valence-corrected chi connectivity index (χ2v) is 5.80. The number of Topliss-reactive ketones (excluding diaryl/α,β-unsaturated/α-hetero) is 1. The van der Waals surface area contributed by atoms with Gasteiger partial charge < -0.3 is 4.74 Å². The second-order valence-electron chi connectivity index (χ2n) is 4.41. The number of ether oxygens (including phenoxy) is 1. The Morgan fingerprint density at radius 1 is 1.48 bits per heavy atom. The van der Waals surface area contributed by atoms with E-state index in [0.717, 1.165) is 11.4 Å². The molecule has 2 aromatic heterocycles. The fraction of sp³-hybridized carbons (Fsp3) is 0.357. The SMILES string of the molecule is COc1cncc(-n2cc(Cl)c(CC(=O)CCSC)n2)c1. The van der Waals surface area contributed by atoms with Crippen molar-refractivity contribution in [2.75, 3.05) is 19.1 Å². The predicted molar refractivity (Wildman–Crippen MR) is 84.6 cm³/mol. The molecule has 0 N–H and O–H groups in total. The molecule has 0 atom stereocenters. The van der Waals surface area contributed by atoms with Gasteiger partial charge in [-0.1, -0.05) is 11.6 Å². The largest absolute Gasteiger partial charge is 0.495 e. The van der Waals surface area contributed by atoms with Crippen LogP contribution in [0, 0.1) is 0 Å². The predicted octanol–water partition coefficient (Wildman–Crippen LogP) is 2.79. The molecule has 7 heteroatoms. The summed E-state index contributed by atoms with van der Waals surface area (Å²) in [5.74, 6) is 1.59. The van der Waals surface area contributed by atoms with Crippen molar-refractivity contribution in [3.63, 3.8) is 0 Å². The van der Waals surface area contributed by atoms with E-state index >= 15 is 0 Å². The second kappa shape index (κ2) is 7.47. The van der Waals surface area contributed by atoms with Gasteiger partial charge in [0, 0.05) is 18.7 Å². The Labute approximate surface area is 132 Å². The molecular formula is C14H16ClN3O2S. The Kier molecular flexibility index (Phi) is 5.64. The molecule has 0 unspecified atom stereocenters. The molecule has 0 aromatic carbocycles. The summed E-state index contributed by atoms with van der Waals surface area (Å²) in [5, 5.41) is 4.85. The molecule has 2 heterocycles. The first kappa shape index (κ1) is 15.9. The molecule has 0 saturated carbocycles. The van der Waals surface area contributed by atoms with Crippen molar-refractivity contribution in [3.05, 3.63) is 35.4 Å². The molecule has 5 nitrogen and oxygen atoms in total. The highest BCUT2D eigenvalue weighted by Crippen LogP contribution is 2.20. The number of carbonyl (C=O) groups excluding carboxylic acids is 1. The number of thioether (sulfide) groups is 1. The molecule has 0 aliphatic rings. The minimum atomic E-state index is 0.139. The van der Waals surface area contributed by atoms with E-state index in [9.17, 15) is 4.79 Å². The Hall–Kier alpha value is -1.53. The van der Waals surface area contributed by atoms with Crippen molar-refractivity contribution in [2.24, 2.45) is 0 Å². The molecule has 0 spiro atoms. The van der Waals surface area contributed by atoms with Gasteiger partial charge in [-0.25, -0.2) is 4.68 Å². The third kappa shape index (κ3) is 4.22. The molecule has 0 saturated heterocycles. The van der Waals surface area contributed by atoms with Crippen LogP contribution < -0.4 is 4.74 Å². The Bertz CT molecular complexity index is 630. The summed E-state index contributed by atoms with van der Waals surface area (Å²) in [6, 6.07) is 1.80. The molecule has 21 heavy (non-hydrogen) atoms. The normalized spacial score (nSPS) is 10.6. The van der Waals surface area contributed by atoms with Crippen molar-refractivity contribution in [1.29, 1.82) is 0 Å². The highest BCUT2D eigenvalue weighted by Gasteiger charge is 2.13. The summed E-state index contributed by atoms with van der Waals surface area (Å²) in [5.41, 5.74) is 1.32. The van der Waals surface area contributed by atoms with Gasteiger partial charge in [0.2, 0.25) is 0 Å². The van der Waals surface area contributed by atoms with Crippen LogP contribution in [0.25, 0.3) is 5.69 Å². The van der Waals surface area contributed by atoms with Crippen LogP contribution in [0.15, 0.2) is 24.7 Å². The molecule has 0 radical (unpaired) electrons. The maximum absolute atomic E-state index is 11.8. The maximum Gasteiger partial charge on any atom is 0.139 e. The molecular weight excluding hydrogens is 310 g/mol. The van der Waals surface area contributed by atoms with Crippen LogP contribution in [0.5, 0.6) is 5.75 Å². The van der Waals surface area contributed by atoms with Gasteiger partial charge in [-0.15, -0.1) is 0 Å². The van der Waals surface area contributed by atoms with Gasteiger partial charge in [0.1, 0.15) is 11.5 Å². The zero-order valence-electron chi connectivity index (χ0n) is 11.9. The number of hydrogen-bond acceptors (Lipinski definition) is 5. The van der Waals surface area contributed by atoms with E-state index in [1.165, 1.54) is 0 Å². The molecule has 0 bridgehead atoms. The molecule has 0 aliphatic carbocycles. The third-order valence-electron chi connectivity index (χ3n) is 2.89. The molecule has 0 fully saturated rings. The highest BCUT2D eigenvalue weighted by atomic mass is 35.5. The van der Waals surface area contributed by atoms with E-state index in [4.69, 9.17) is 16.3 Å². The fourth-order valence-corrected chi connectivity index (χ4v) is 2.40. The molecule has 0 amide bonds. The summed E-state index contributed by atoms with van der Waals surface area (Å²) in [4.78, 5) is 15.9. The van der Waals surface area contributed by atoms with Gasteiger partial charge in [0.05, 0.1) is 42.3 Å². The lowest BCUT2D eigenvalue weighted by molar-refractivity contribution is -0.118. The van der Waals surface area contributed by atoms with E-state index in [2.05, 4.69) is 10.1 Å². The number of halogens is 1. The van der Waals surface area contributed by atoms with E-state index in [1.807, 2.05) is 6.26 Å². The Morgan fingerprint density at radius 2 is 2.29 bits per heavy atom. The first-order valence-corrected chi connectivity index (χ1v) is 8.15. The zero-order chi connectivity index (χ0) is 15.2. The average Bonchev–Trinajstić information content (AvgIpc) is 2.86. The summed E-state index contributed by atoms with van der Waals surface area (Å²) >= 11 is 7.80. The standard InChI is InChI=1S/C14H16ClN3O2S/c1-20-12-5-10(7-16-8-12)18-9-13(15)14(17-18)6-11(19)3-4-21-2/h5,7-9H,3-4,6H2,1-2H3. The van der Waals surface area contributed by atoms with E-state index in [0.29, 0.717) is 22.9 Å². The van der Waals surface area contributed by atoms with Crippen molar-refractivity contribution >= 4 is 29.1 Å². The topological polar surface area (TPSA) is 57.0 Å². The lowest BCUT2D eigenvalue weighted by Crippen LogP contribution is -2.05. The monoisotopic (exact) mass is 325 g/mol. The average molecular weight is 326 g/mol. The van der Waals surface area contributed by atoms with Crippen LogP contribution in [-0.4, -0.2) is 39.7 Å². The maximum atomic E-state index is 11.8. The quantitative estimate of drug-likeness (QED) is 0.783. The van der Waals surface area contributed by atoms with Crippen molar-refractivity contribution in [2.45, 2.75) is 12.8 Å². The Morgan fingerprint density at radius 3 is 3.00 bits per heavy atom. The number of pyridine rings is 1. The lowest BCUT2D eigenvalue weighted by Gasteiger charge is -2.03. The summed E-state index contributed by atoms with van der Waals surface area (Å²) in [7, 11) is 1.58. The number of ketones is 1. The van der Waals surface area contributed by atoms with Crippen molar-refractivity contribution in [1.82, 2.24) is 14.8 Å². The molecule has 112 valence electrons. The number of aromatic nitrogens is 3. The smallest absolute Gasteiger partial charge is 0.139 e. The summed E-state index contributed by atoms with van der Waals surface area (Å²) < 4.78 is 6.74. The summed E-state index contributed by atoms with van der Waals surface area (Å²) in [6.45, 7) is 0. The van der Waals surface area contributed by atoms with Crippen LogP contribution in [0.1, 0.15) is 12.1 Å². The Balaban J connectivity index is 2.16. The highest BCUT2D eigenvalue weighted by molar-refractivity contribution is 7.98. The van der Waals surface area contributed by atoms with Crippen LogP contribution >= 0.6 is 23.4 Å². The lowest BCUT2D eigenvalue weighted by atomic mass is 10.2. The fourth-order valence-electron chi connectivity index (χ4n) is 1.78. The van der Waals surface area contributed by atoms with Gasteiger partial charge in [0.25, 0.3) is 0 Å². The number of methoxy groups -OCH3 is 1. The van der Waals surface area contributed by atoms with Gasteiger partial charge in [0.15, 0.2) is 0 Å². The van der Waals surface area contributed by atoms with Crippen LogP contribution in [0.2, 0.25) is 5.02 Å². The van der Waals surface area contributed by atoms with E-state index in [1.54, 1.807) is 48.2 Å². The van der Waals surface area contributed by atoms with Gasteiger partial charge in [-0.3, -0.25) is 9.78 Å². The van der Waals surface area contributed by atoms with Crippen molar-refractivity contribution < 1.29 is 9.53 Å². The van der Waals surface area contributed by atoms with E-state index in [-0.39, 0.29) is 12.2 Å². The molecule has 2 aromatic rings. The number of rotatable bonds is 7. The van der Waals surface area contributed by atoms with Crippen LogP contribution in [0.3, 0.4) is 0 Å². The first-order valence-electron chi connectivity index (χ1n) is 6.38. The van der Waals surface area contributed by atoms with Crippen LogP contribution in [0.4, 0.5) is 0 Å². The van der Waals surface area contributed by atoms with Crippen molar-refractivity contribution in [3.8, 4) is 11.4 Å². The minimum absolute atomic E-state index is 0.139. The summed E-state index contributed by atoms with van der Waals surface area (Å²) in [6.07, 6.45) is 7.71. The third-order valence-corrected chi connectivity index (χ3v) is 3.82. The number of hydrogen-bond donors (Lipinski definition) is 0. The van der Waals surface area contributed by atoms with E-state index < -0.39 is 0 Å². The van der Waals surface area contributed by atoms with Gasteiger partial charge in [-0.05, 0) is 12.0 Å². The number of carbonyl (C=O) groups is 1. The first-order chi connectivity index (χ1) is 10.1. The number of nitrogens with zero attached hydrogens (tertiary/aromatic N) is 3. The van der Waals surface area contributed by atoms with Gasteiger partial charge >= 0.3 is 0 Å². The molecule has 0 aliphatic heterocycles. The van der Waals surface area contributed by atoms with Gasteiger partial charge in [-0.2, -0.15) is 16.9 Å².